The summed E-state index contributed by atoms with van der Waals surface area (Å²) >= 11 is 0. The van der Waals surface area contributed by atoms with Crippen molar-refractivity contribution in [2.75, 3.05) is 37.4 Å². The molecule has 3 amide bonds. The number of aryl methyl sites for hydroxylation is 3. The van der Waals surface area contributed by atoms with Crippen molar-refractivity contribution in [2.45, 2.75) is 52.7 Å². The summed E-state index contributed by atoms with van der Waals surface area (Å²) in [6.07, 6.45) is 3.53. The Morgan fingerprint density at radius 2 is 1.85 bits per heavy atom. The van der Waals surface area contributed by atoms with Gasteiger partial charge in [-0.05, 0) is 68.9 Å². The number of urea groups is 1. The van der Waals surface area contributed by atoms with Crippen molar-refractivity contribution < 1.29 is 19.1 Å². The molecule has 1 aliphatic heterocycles. The van der Waals surface area contributed by atoms with Crippen LogP contribution in [0.5, 0.6) is 0 Å². The first kappa shape index (κ1) is 24.7. The van der Waals surface area contributed by atoms with Gasteiger partial charge in [-0.25, -0.2) is 4.79 Å². The highest BCUT2D eigenvalue weighted by molar-refractivity contribution is 5.97. The largest absolute Gasteiger partial charge is 0.376 e. The Morgan fingerprint density at radius 3 is 2.55 bits per heavy atom. The maximum absolute atomic E-state index is 12.6. The van der Waals surface area contributed by atoms with Crippen LogP contribution in [0.2, 0.25) is 0 Å². The SMILES string of the molecule is Cc1cc(C)c(NC(=O)CN(C)C(=O)Nc2cccc(COCC3CCCCO3)c2)c(C)c1. The van der Waals surface area contributed by atoms with Crippen LogP contribution < -0.4 is 10.6 Å². The Kier molecular flexibility index (Phi) is 8.86. The van der Waals surface area contributed by atoms with Crippen LogP contribution in [0.3, 0.4) is 0 Å². The second-order valence-electron chi connectivity index (χ2n) is 8.81. The molecule has 33 heavy (non-hydrogen) atoms. The van der Waals surface area contributed by atoms with Crippen molar-refractivity contribution >= 4 is 23.3 Å². The average molecular weight is 454 g/mol. The second kappa shape index (κ2) is 11.8. The van der Waals surface area contributed by atoms with Crippen LogP contribution in [-0.2, 0) is 20.9 Å². The topological polar surface area (TPSA) is 79.9 Å². The van der Waals surface area contributed by atoms with Crippen molar-refractivity contribution in [2.24, 2.45) is 0 Å². The first-order chi connectivity index (χ1) is 15.8. The van der Waals surface area contributed by atoms with Crippen molar-refractivity contribution in [1.29, 1.82) is 0 Å². The Labute approximate surface area is 196 Å². The number of likely N-dealkylation sites (N-methyl/N-ethyl adjacent to an activating group) is 1. The summed E-state index contributed by atoms with van der Waals surface area (Å²) in [5.74, 6) is -0.241. The highest BCUT2D eigenvalue weighted by atomic mass is 16.5. The molecule has 0 aliphatic carbocycles. The number of hydrogen-bond donors (Lipinski definition) is 2. The fraction of sp³-hybridized carbons (Fsp3) is 0.462. The molecule has 3 rings (SSSR count). The van der Waals surface area contributed by atoms with E-state index in [-0.39, 0.29) is 24.6 Å². The Morgan fingerprint density at radius 1 is 1.09 bits per heavy atom. The first-order valence-electron chi connectivity index (χ1n) is 11.5. The third-order valence-corrected chi connectivity index (χ3v) is 5.69. The van der Waals surface area contributed by atoms with Gasteiger partial charge in [0.2, 0.25) is 5.91 Å². The molecule has 7 heteroatoms. The average Bonchev–Trinajstić information content (AvgIpc) is 2.77. The van der Waals surface area contributed by atoms with Crippen molar-refractivity contribution in [3.8, 4) is 0 Å². The van der Waals surface area contributed by atoms with E-state index in [1.54, 1.807) is 7.05 Å². The maximum Gasteiger partial charge on any atom is 0.322 e. The molecule has 178 valence electrons. The Bertz CT molecular complexity index is 947. The number of nitrogens with zero attached hydrogens (tertiary/aromatic N) is 1. The lowest BCUT2D eigenvalue weighted by molar-refractivity contribution is -0.116. The molecule has 2 N–H and O–H groups in total. The second-order valence-corrected chi connectivity index (χ2v) is 8.81. The lowest BCUT2D eigenvalue weighted by atomic mass is 10.1. The van der Waals surface area contributed by atoms with Gasteiger partial charge in [0.1, 0.15) is 6.54 Å². The number of hydrogen-bond acceptors (Lipinski definition) is 4. The maximum atomic E-state index is 12.6. The van der Waals surface area contributed by atoms with Crippen molar-refractivity contribution in [3.63, 3.8) is 0 Å². The number of ether oxygens (including phenoxy) is 2. The third kappa shape index (κ3) is 7.58. The number of amides is 3. The van der Waals surface area contributed by atoms with Gasteiger partial charge >= 0.3 is 6.03 Å². The van der Waals surface area contributed by atoms with Crippen molar-refractivity contribution in [3.05, 3.63) is 58.7 Å². The molecule has 1 heterocycles. The van der Waals surface area contributed by atoms with E-state index in [2.05, 4.69) is 10.6 Å². The molecule has 1 aliphatic rings. The van der Waals surface area contributed by atoms with Gasteiger partial charge in [0.05, 0.1) is 19.3 Å². The Balaban J connectivity index is 1.48. The molecule has 1 saturated heterocycles. The predicted octanol–water partition coefficient (Wildman–Crippen LogP) is 4.80. The van der Waals surface area contributed by atoms with Crippen LogP contribution >= 0.6 is 0 Å². The van der Waals surface area contributed by atoms with Gasteiger partial charge in [0.25, 0.3) is 0 Å². The summed E-state index contributed by atoms with van der Waals surface area (Å²) in [5.41, 5.74) is 5.58. The van der Waals surface area contributed by atoms with E-state index in [9.17, 15) is 9.59 Å². The van der Waals surface area contributed by atoms with Crippen LogP contribution in [-0.4, -0.2) is 49.7 Å². The first-order valence-corrected chi connectivity index (χ1v) is 11.5. The minimum atomic E-state index is -0.351. The minimum Gasteiger partial charge on any atom is -0.376 e. The third-order valence-electron chi connectivity index (χ3n) is 5.69. The van der Waals surface area contributed by atoms with E-state index in [0.717, 1.165) is 47.4 Å². The van der Waals surface area contributed by atoms with E-state index in [4.69, 9.17) is 9.47 Å². The van der Waals surface area contributed by atoms with Crippen LogP contribution in [0.1, 0.15) is 41.5 Å². The number of carbonyl (C=O) groups is 2. The molecular formula is C26H35N3O4. The monoisotopic (exact) mass is 453 g/mol. The van der Waals surface area contributed by atoms with E-state index in [0.29, 0.717) is 18.9 Å². The zero-order valence-electron chi connectivity index (χ0n) is 20.1. The number of rotatable bonds is 8. The predicted molar refractivity (Wildman–Crippen MR) is 131 cm³/mol. The number of benzene rings is 2. The van der Waals surface area contributed by atoms with Gasteiger partial charge in [-0.2, -0.15) is 0 Å². The number of nitrogens with one attached hydrogen (secondary N) is 2. The summed E-state index contributed by atoms with van der Waals surface area (Å²) < 4.78 is 11.5. The molecular weight excluding hydrogens is 418 g/mol. The quantitative estimate of drug-likeness (QED) is 0.602. The highest BCUT2D eigenvalue weighted by Gasteiger charge is 2.16. The van der Waals surface area contributed by atoms with E-state index in [1.807, 2.05) is 57.2 Å². The normalized spacial score (nSPS) is 15.7. The van der Waals surface area contributed by atoms with Gasteiger partial charge in [-0.1, -0.05) is 29.8 Å². The molecule has 1 unspecified atom stereocenters. The summed E-state index contributed by atoms with van der Waals surface area (Å²) in [6.45, 7) is 7.74. The molecule has 0 radical (unpaired) electrons. The molecule has 2 aromatic rings. The van der Waals surface area contributed by atoms with Gasteiger partial charge in [-0.3, -0.25) is 4.79 Å². The summed E-state index contributed by atoms with van der Waals surface area (Å²) in [7, 11) is 1.60. The minimum absolute atomic E-state index is 0.0528. The molecule has 0 spiro atoms. The molecule has 0 aromatic heterocycles. The smallest absolute Gasteiger partial charge is 0.322 e. The van der Waals surface area contributed by atoms with Crippen LogP contribution in [0.15, 0.2) is 36.4 Å². The van der Waals surface area contributed by atoms with E-state index < -0.39 is 0 Å². The summed E-state index contributed by atoms with van der Waals surface area (Å²) in [5, 5.41) is 5.78. The van der Waals surface area contributed by atoms with Crippen LogP contribution in [0.25, 0.3) is 0 Å². The molecule has 0 saturated carbocycles. The Hall–Kier alpha value is -2.90. The van der Waals surface area contributed by atoms with Crippen LogP contribution in [0.4, 0.5) is 16.2 Å². The molecule has 0 bridgehead atoms. The number of anilines is 2. The van der Waals surface area contributed by atoms with Crippen molar-refractivity contribution in [1.82, 2.24) is 4.90 Å². The van der Waals surface area contributed by atoms with E-state index in [1.165, 1.54) is 11.3 Å². The van der Waals surface area contributed by atoms with Crippen LogP contribution in [0, 0.1) is 20.8 Å². The zero-order valence-corrected chi connectivity index (χ0v) is 20.1. The fourth-order valence-corrected chi connectivity index (χ4v) is 4.05. The highest BCUT2D eigenvalue weighted by Crippen LogP contribution is 2.22. The van der Waals surface area contributed by atoms with E-state index >= 15 is 0 Å². The van der Waals surface area contributed by atoms with Gasteiger partial charge in [-0.15, -0.1) is 0 Å². The molecule has 7 nitrogen and oxygen atoms in total. The fourth-order valence-electron chi connectivity index (χ4n) is 4.05. The summed E-state index contributed by atoms with van der Waals surface area (Å²) in [4.78, 5) is 26.5. The van der Waals surface area contributed by atoms with Gasteiger partial charge < -0.3 is 25.0 Å². The lowest BCUT2D eigenvalue weighted by Gasteiger charge is -2.22. The van der Waals surface area contributed by atoms with Gasteiger partial charge in [0, 0.05) is 25.0 Å². The summed E-state index contributed by atoms with van der Waals surface area (Å²) in [6, 6.07) is 11.2. The molecule has 2 aromatic carbocycles. The zero-order chi connectivity index (χ0) is 23.8. The molecule has 1 fully saturated rings. The lowest BCUT2D eigenvalue weighted by Crippen LogP contribution is -2.37. The number of carbonyl (C=O) groups excluding carboxylic acids is 2. The van der Waals surface area contributed by atoms with Gasteiger partial charge in [0.15, 0.2) is 0 Å². The molecule has 1 atom stereocenters. The standard InChI is InChI=1S/C26H35N3O4/c1-18-12-19(2)25(20(3)13-18)28-24(30)15-29(4)26(31)27-22-9-7-8-21(14-22)16-32-17-23-10-5-6-11-33-23/h7-9,12-14,23H,5-6,10-11,15-17H2,1-4H3,(H,27,31)(H,28,30).